The molecule has 0 spiro atoms. The van der Waals surface area contributed by atoms with Gasteiger partial charge in [0, 0.05) is 22.8 Å². The molecule has 3 rings (SSSR count). The molecule has 192 valence electrons. The average molecular weight is 525 g/mol. The molecule has 0 unspecified atom stereocenters. The van der Waals surface area contributed by atoms with Crippen molar-refractivity contribution in [3.8, 4) is 11.5 Å². The Morgan fingerprint density at radius 1 is 0.703 bits per heavy atom. The van der Waals surface area contributed by atoms with E-state index in [1.54, 1.807) is 55.5 Å². The number of anilines is 2. The molecule has 0 aliphatic heterocycles. The van der Waals surface area contributed by atoms with Crippen LogP contribution >= 0.6 is 11.6 Å². The molecule has 0 fully saturated rings. The van der Waals surface area contributed by atoms with Crippen LogP contribution < -0.4 is 15.4 Å². The van der Waals surface area contributed by atoms with Crippen molar-refractivity contribution in [3.63, 3.8) is 0 Å². The van der Waals surface area contributed by atoms with Crippen LogP contribution in [0.15, 0.2) is 72.8 Å². The van der Waals surface area contributed by atoms with Gasteiger partial charge in [0.2, 0.25) is 5.91 Å². The average Bonchev–Trinajstić information content (AvgIpc) is 2.89. The second-order valence-electron chi connectivity index (χ2n) is 7.64. The molecule has 0 aromatic heterocycles. The van der Waals surface area contributed by atoms with Gasteiger partial charge in [-0.2, -0.15) is 0 Å². The van der Waals surface area contributed by atoms with E-state index in [0.29, 0.717) is 33.5 Å². The standard InChI is InChI=1S/C27H25ClN2O7/c1-2-35-27(34)18-3-7-20(8-4-18)30-25(32)17-36-26(33)16-15-24(31)29-21-9-13-23(14-10-21)37-22-11-5-19(28)6-12-22/h3-14H,2,15-17H2,1H3,(H,29,31)(H,30,32). The van der Waals surface area contributed by atoms with Gasteiger partial charge in [-0.05, 0) is 79.7 Å². The van der Waals surface area contributed by atoms with E-state index in [0.717, 1.165) is 0 Å². The summed E-state index contributed by atoms with van der Waals surface area (Å²) in [5.74, 6) is -0.873. The minimum absolute atomic E-state index is 0.112. The zero-order valence-corrected chi connectivity index (χ0v) is 20.7. The fourth-order valence-electron chi connectivity index (χ4n) is 3.00. The number of carbonyl (C=O) groups excluding carboxylic acids is 4. The molecule has 3 aromatic carbocycles. The Morgan fingerprint density at radius 2 is 1.24 bits per heavy atom. The minimum Gasteiger partial charge on any atom is -0.462 e. The molecule has 0 radical (unpaired) electrons. The molecule has 0 saturated heterocycles. The van der Waals surface area contributed by atoms with E-state index in [-0.39, 0.29) is 25.4 Å². The number of nitrogens with one attached hydrogen (secondary N) is 2. The van der Waals surface area contributed by atoms with Crippen LogP contribution in [-0.4, -0.2) is 37.0 Å². The molecular formula is C27H25ClN2O7. The Morgan fingerprint density at radius 3 is 1.84 bits per heavy atom. The van der Waals surface area contributed by atoms with Gasteiger partial charge in [0.15, 0.2) is 6.61 Å². The third-order valence-corrected chi connectivity index (χ3v) is 5.04. The lowest BCUT2D eigenvalue weighted by Gasteiger charge is -2.09. The van der Waals surface area contributed by atoms with Gasteiger partial charge in [0.25, 0.3) is 5.91 Å². The molecular weight excluding hydrogens is 500 g/mol. The lowest BCUT2D eigenvalue weighted by molar-refractivity contribution is -0.147. The Kier molecular flexibility index (Phi) is 10.0. The second kappa shape index (κ2) is 13.6. The number of amides is 2. The molecule has 0 atom stereocenters. The fourth-order valence-corrected chi connectivity index (χ4v) is 3.13. The topological polar surface area (TPSA) is 120 Å². The second-order valence-corrected chi connectivity index (χ2v) is 8.07. The predicted molar refractivity (Wildman–Crippen MR) is 138 cm³/mol. The summed E-state index contributed by atoms with van der Waals surface area (Å²) in [6.45, 7) is 1.47. The summed E-state index contributed by atoms with van der Waals surface area (Å²) in [5, 5.41) is 5.84. The van der Waals surface area contributed by atoms with Gasteiger partial charge in [0.05, 0.1) is 18.6 Å². The van der Waals surface area contributed by atoms with Crippen molar-refractivity contribution < 1.29 is 33.4 Å². The molecule has 37 heavy (non-hydrogen) atoms. The molecule has 0 heterocycles. The van der Waals surface area contributed by atoms with Gasteiger partial charge < -0.3 is 24.8 Å². The molecule has 2 amide bonds. The molecule has 9 nitrogen and oxygen atoms in total. The van der Waals surface area contributed by atoms with E-state index in [2.05, 4.69) is 10.6 Å². The highest BCUT2D eigenvalue weighted by Gasteiger charge is 2.12. The number of carbonyl (C=O) groups is 4. The van der Waals surface area contributed by atoms with Gasteiger partial charge in [-0.15, -0.1) is 0 Å². The van der Waals surface area contributed by atoms with Crippen molar-refractivity contribution in [2.24, 2.45) is 0 Å². The maximum Gasteiger partial charge on any atom is 0.338 e. The highest BCUT2D eigenvalue weighted by Crippen LogP contribution is 2.24. The highest BCUT2D eigenvalue weighted by molar-refractivity contribution is 6.30. The lowest BCUT2D eigenvalue weighted by Crippen LogP contribution is -2.21. The third-order valence-electron chi connectivity index (χ3n) is 4.79. The molecule has 0 aliphatic rings. The maximum absolute atomic E-state index is 12.1. The van der Waals surface area contributed by atoms with Crippen LogP contribution in [-0.2, 0) is 23.9 Å². The monoisotopic (exact) mass is 524 g/mol. The number of hydrogen-bond acceptors (Lipinski definition) is 7. The van der Waals surface area contributed by atoms with Gasteiger partial charge in [-0.1, -0.05) is 11.6 Å². The largest absolute Gasteiger partial charge is 0.462 e. The maximum atomic E-state index is 12.1. The van der Waals surface area contributed by atoms with Crippen molar-refractivity contribution in [2.75, 3.05) is 23.8 Å². The molecule has 2 N–H and O–H groups in total. The Hall–Kier alpha value is -4.37. The van der Waals surface area contributed by atoms with E-state index >= 15 is 0 Å². The smallest absolute Gasteiger partial charge is 0.338 e. The number of hydrogen-bond donors (Lipinski definition) is 2. The summed E-state index contributed by atoms with van der Waals surface area (Å²) in [6.07, 6.45) is -0.302. The van der Waals surface area contributed by atoms with Crippen LogP contribution in [0.5, 0.6) is 11.5 Å². The minimum atomic E-state index is -0.685. The summed E-state index contributed by atoms with van der Waals surface area (Å²) < 4.78 is 15.5. The number of benzene rings is 3. The first-order chi connectivity index (χ1) is 17.8. The van der Waals surface area contributed by atoms with Crippen LogP contribution in [0.4, 0.5) is 11.4 Å². The molecule has 10 heteroatoms. The van der Waals surface area contributed by atoms with Crippen molar-refractivity contribution >= 4 is 46.7 Å². The van der Waals surface area contributed by atoms with Crippen LogP contribution in [0.1, 0.15) is 30.1 Å². The zero-order chi connectivity index (χ0) is 26.6. The molecule has 0 aliphatic carbocycles. The van der Waals surface area contributed by atoms with Gasteiger partial charge in [-0.3, -0.25) is 14.4 Å². The summed E-state index contributed by atoms with van der Waals surface area (Å²) in [6, 6.07) is 19.7. The van der Waals surface area contributed by atoms with Crippen LogP contribution in [0.3, 0.4) is 0 Å². The van der Waals surface area contributed by atoms with Crippen molar-refractivity contribution in [1.82, 2.24) is 0 Å². The summed E-state index contributed by atoms with van der Waals surface area (Å²) in [7, 11) is 0. The van der Waals surface area contributed by atoms with Gasteiger partial charge in [-0.25, -0.2) is 4.79 Å². The van der Waals surface area contributed by atoms with E-state index < -0.39 is 24.5 Å². The van der Waals surface area contributed by atoms with Crippen LogP contribution in [0, 0.1) is 0 Å². The van der Waals surface area contributed by atoms with Crippen LogP contribution in [0.25, 0.3) is 0 Å². The van der Waals surface area contributed by atoms with E-state index in [1.807, 2.05) is 0 Å². The Labute approximate surface area is 218 Å². The Balaban J connectivity index is 1.35. The molecule has 0 saturated carbocycles. The number of rotatable bonds is 11. The van der Waals surface area contributed by atoms with E-state index in [4.69, 9.17) is 25.8 Å². The zero-order valence-electron chi connectivity index (χ0n) is 20.0. The fraction of sp³-hybridized carbons (Fsp3) is 0.185. The third kappa shape index (κ3) is 9.30. The van der Waals surface area contributed by atoms with Crippen molar-refractivity contribution in [2.45, 2.75) is 19.8 Å². The molecule has 3 aromatic rings. The van der Waals surface area contributed by atoms with Crippen molar-refractivity contribution in [3.05, 3.63) is 83.4 Å². The first-order valence-electron chi connectivity index (χ1n) is 11.4. The quantitative estimate of drug-likeness (QED) is 0.330. The summed E-state index contributed by atoms with van der Waals surface area (Å²) in [4.78, 5) is 47.7. The first kappa shape index (κ1) is 27.2. The highest BCUT2D eigenvalue weighted by atomic mass is 35.5. The van der Waals surface area contributed by atoms with Gasteiger partial charge >= 0.3 is 11.9 Å². The lowest BCUT2D eigenvalue weighted by atomic mass is 10.2. The SMILES string of the molecule is CCOC(=O)c1ccc(NC(=O)COC(=O)CCC(=O)Nc2ccc(Oc3ccc(Cl)cc3)cc2)cc1. The summed E-state index contributed by atoms with van der Waals surface area (Å²) in [5.41, 5.74) is 1.32. The number of ether oxygens (including phenoxy) is 3. The van der Waals surface area contributed by atoms with Crippen molar-refractivity contribution in [1.29, 1.82) is 0 Å². The number of esters is 2. The predicted octanol–water partition coefficient (Wildman–Crippen LogP) is 5.21. The van der Waals surface area contributed by atoms with E-state index in [1.165, 1.54) is 24.3 Å². The normalized spacial score (nSPS) is 10.2. The van der Waals surface area contributed by atoms with E-state index in [9.17, 15) is 19.2 Å². The van der Waals surface area contributed by atoms with Crippen LogP contribution in [0.2, 0.25) is 5.02 Å². The first-order valence-corrected chi connectivity index (χ1v) is 11.8. The Bertz CT molecular complexity index is 1230. The summed E-state index contributed by atoms with van der Waals surface area (Å²) >= 11 is 5.86. The molecule has 0 bridgehead atoms. The number of halogens is 1. The van der Waals surface area contributed by atoms with Gasteiger partial charge in [0.1, 0.15) is 11.5 Å².